The summed E-state index contributed by atoms with van der Waals surface area (Å²) in [7, 11) is 0. The van der Waals surface area contributed by atoms with Crippen molar-refractivity contribution in [2.24, 2.45) is 0 Å². The van der Waals surface area contributed by atoms with Gasteiger partial charge in [0.1, 0.15) is 0 Å². The number of rotatable bonds is 3. The minimum absolute atomic E-state index is 0. The van der Waals surface area contributed by atoms with Crippen LogP contribution in [0.5, 0.6) is 0 Å². The summed E-state index contributed by atoms with van der Waals surface area (Å²) in [6.07, 6.45) is 5.86. The number of halogens is 2. The van der Waals surface area contributed by atoms with E-state index in [4.69, 9.17) is 0 Å². The maximum absolute atomic E-state index is 4.64. The first kappa shape index (κ1) is 18.0. The molecule has 116 valence electrons. The number of piperidine rings is 1. The van der Waals surface area contributed by atoms with Crippen LogP contribution in [0.1, 0.15) is 26.2 Å². The van der Waals surface area contributed by atoms with E-state index < -0.39 is 0 Å². The van der Waals surface area contributed by atoms with Crippen LogP contribution in [-0.4, -0.2) is 29.6 Å². The van der Waals surface area contributed by atoms with Crippen molar-refractivity contribution in [2.45, 2.75) is 26.2 Å². The third-order valence-electron chi connectivity index (χ3n) is 3.87. The first-order chi connectivity index (χ1) is 9.40. The number of aromatic nitrogens is 1. The van der Waals surface area contributed by atoms with Gasteiger partial charge in [-0.15, -0.1) is 24.8 Å². The van der Waals surface area contributed by atoms with Gasteiger partial charge < -0.3 is 0 Å². The minimum Gasteiger partial charge on any atom is -0.289 e. The van der Waals surface area contributed by atoms with Crippen LogP contribution >= 0.6 is 24.8 Å². The fraction of sp³-hybridized carbons (Fsp3) is 0.438. The molecule has 0 N–H and O–H groups in total. The van der Waals surface area contributed by atoms with Crippen LogP contribution in [0.4, 0.5) is 5.82 Å². The maximum Gasteiger partial charge on any atom is 0.150 e. The Labute approximate surface area is 139 Å². The smallest absolute Gasteiger partial charge is 0.150 e. The molecule has 1 aromatic heterocycles. The molecule has 0 aliphatic carbocycles. The van der Waals surface area contributed by atoms with Crippen molar-refractivity contribution in [3.05, 3.63) is 36.5 Å². The van der Waals surface area contributed by atoms with E-state index in [0.717, 1.165) is 25.5 Å². The number of nitrogens with zero attached hydrogens (tertiary/aromatic N) is 3. The summed E-state index contributed by atoms with van der Waals surface area (Å²) in [6.45, 7) is 5.48. The molecule has 0 unspecified atom stereocenters. The van der Waals surface area contributed by atoms with Gasteiger partial charge in [-0.05, 0) is 31.2 Å². The standard InChI is InChI=1S/C16H21N3.2ClH/c1-2-19(18-12-6-3-7-13-18)16-15-9-5-4-8-14(15)10-11-17-16;;/h4-5,8-11H,2-3,6-7,12-13H2,1H3;2*1H. The normalized spacial score (nSPS) is 15.1. The summed E-state index contributed by atoms with van der Waals surface area (Å²) >= 11 is 0. The van der Waals surface area contributed by atoms with Gasteiger partial charge in [0.15, 0.2) is 5.82 Å². The highest BCUT2D eigenvalue weighted by molar-refractivity contribution is 5.91. The number of fused-ring (bicyclic) bond motifs is 1. The third-order valence-corrected chi connectivity index (χ3v) is 3.87. The average Bonchev–Trinajstić information content (AvgIpc) is 2.49. The molecule has 1 aliphatic rings. The molecule has 3 nitrogen and oxygen atoms in total. The van der Waals surface area contributed by atoms with Gasteiger partial charge >= 0.3 is 0 Å². The highest BCUT2D eigenvalue weighted by Crippen LogP contribution is 2.26. The van der Waals surface area contributed by atoms with E-state index in [1.54, 1.807) is 0 Å². The summed E-state index contributed by atoms with van der Waals surface area (Å²) in [5, 5.41) is 7.32. The van der Waals surface area contributed by atoms with Crippen molar-refractivity contribution >= 4 is 41.4 Å². The van der Waals surface area contributed by atoms with Crippen LogP contribution < -0.4 is 5.01 Å². The van der Waals surface area contributed by atoms with Gasteiger partial charge in [0, 0.05) is 31.2 Å². The van der Waals surface area contributed by atoms with Crippen LogP contribution in [0.25, 0.3) is 10.8 Å². The zero-order chi connectivity index (χ0) is 13.1. The molecule has 3 rings (SSSR count). The van der Waals surface area contributed by atoms with E-state index in [-0.39, 0.29) is 24.8 Å². The fourth-order valence-corrected chi connectivity index (χ4v) is 2.91. The molecule has 1 aromatic carbocycles. The van der Waals surface area contributed by atoms with Crippen LogP contribution in [0, 0.1) is 0 Å². The Morgan fingerprint density at radius 3 is 2.48 bits per heavy atom. The van der Waals surface area contributed by atoms with Crippen molar-refractivity contribution in [1.29, 1.82) is 0 Å². The van der Waals surface area contributed by atoms with Crippen LogP contribution in [0.15, 0.2) is 36.5 Å². The highest BCUT2D eigenvalue weighted by Gasteiger charge is 2.19. The van der Waals surface area contributed by atoms with E-state index in [0.29, 0.717) is 0 Å². The third kappa shape index (κ3) is 3.79. The fourth-order valence-electron chi connectivity index (χ4n) is 2.91. The second-order valence-corrected chi connectivity index (χ2v) is 5.09. The second-order valence-electron chi connectivity index (χ2n) is 5.09. The Balaban J connectivity index is 0.00000110. The minimum atomic E-state index is 0. The average molecular weight is 328 g/mol. The van der Waals surface area contributed by atoms with Crippen LogP contribution in [-0.2, 0) is 0 Å². The second kappa shape index (κ2) is 8.42. The number of hydrazine groups is 1. The molecule has 2 heterocycles. The molecule has 0 spiro atoms. The molecule has 5 heteroatoms. The molecule has 1 saturated heterocycles. The Hall–Kier alpha value is -1.03. The largest absolute Gasteiger partial charge is 0.289 e. The maximum atomic E-state index is 4.64. The predicted molar refractivity (Wildman–Crippen MR) is 94.7 cm³/mol. The zero-order valence-corrected chi connectivity index (χ0v) is 14.0. The topological polar surface area (TPSA) is 19.4 Å². The van der Waals surface area contributed by atoms with Crippen molar-refractivity contribution in [2.75, 3.05) is 24.6 Å². The Kier molecular flexibility index (Phi) is 7.23. The molecular formula is C16H23Cl2N3. The first-order valence-electron chi connectivity index (χ1n) is 7.26. The van der Waals surface area contributed by atoms with Gasteiger partial charge in [0.05, 0.1) is 0 Å². The SMILES string of the molecule is CCN(c1nccc2ccccc12)N1CCCCC1.Cl.Cl. The van der Waals surface area contributed by atoms with E-state index >= 15 is 0 Å². The molecule has 2 aromatic rings. The molecule has 0 saturated carbocycles. The molecule has 21 heavy (non-hydrogen) atoms. The van der Waals surface area contributed by atoms with Crippen molar-refractivity contribution in [3.63, 3.8) is 0 Å². The number of pyridine rings is 1. The zero-order valence-electron chi connectivity index (χ0n) is 12.4. The monoisotopic (exact) mass is 327 g/mol. The van der Waals surface area contributed by atoms with Crippen molar-refractivity contribution in [3.8, 4) is 0 Å². The van der Waals surface area contributed by atoms with Crippen LogP contribution in [0.3, 0.4) is 0 Å². The summed E-state index contributed by atoms with van der Waals surface area (Å²) in [5.41, 5.74) is 0. The molecule has 0 radical (unpaired) electrons. The van der Waals surface area contributed by atoms with Gasteiger partial charge in [-0.25, -0.2) is 9.99 Å². The van der Waals surface area contributed by atoms with Gasteiger partial charge in [0.25, 0.3) is 0 Å². The Bertz CT molecular complexity index is 551. The highest BCUT2D eigenvalue weighted by atomic mass is 35.5. The Morgan fingerprint density at radius 1 is 1.05 bits per heavy atom. The van der Waals surface area contributed by atoms with E-state index in [9.17, 15) is 0 Å². The summed E-state index contributed by atoms with van der Waals surface area (Å²) in [5.74, 6) is 1.10. The summed E-state index contributed by atoms with van der Waals surface area (Å²) in [4.78, 5) is 4.64. The lowest BCUT2D eigenvalue weighted by Crippen LogP contribution is -2.46. The number of hydrogen-bond acceptors (Lipinski definition) is 3. The Morgan fingerprint density at radius 2 is 1.76 bits per heavy atom. The van der Waals surface area contributed by atoms with Crippen molar-refractivity contribution < 1.29 is 0 Å². The quantitative estimate of drug-likeness (QED) is 0.837. The van der Waals surface area contributed by atoms with Gasteiger partial charge in [-0.2, -0.15) is 0 Å². The molecule has 0 amide bonds. The lowest BCUT2D eigenvalue weighted by Gasteiger charge is -2.38. The molecule has 1 fully saturated rings. The van der Waals surface area contributed by atoms with Gasteiger partial charge in [-0.3, -0.25) is 5.01 Å². The lowest BCUT2D eigenvalue weighted by atomic mass is 10.1. The van der Waals surface area contributed by atoms with Gasteiger partial charge in [0.2, 0.25) is 0 Å². The predicted octanol–water partition coefficient (Wildman–Crippen LogP) is 4.31. The van der Waals surface area contributed by atoms with E-state index in [2.05, 4.69) is 52.3 Å². The van der Waals surface area contributed by atoms with E-state index in [1.807, 2.05) is 6.20 Å². The first-order valence-corrected chi connectivity index (χ1v) is 7.26. The van der Waals surface area contributed by atoms with Crippen molar-refractivity contribution in [1.82, 2.24) is 9.99 Å². The van der Waals surface area contributed by atoms with E-state index in [1.165, 1.54) is 30.0 Å². The number of hydrogen-bond donors (Lipinski definition) is 0. The van der Waals surface area contributed by atoms with Crippen LogP contribution in [0.2, 0.25) is 0 Å². The molecular weight excluding hydrogens is 305 g/mol. The molecule has 0 bridgehead atoms. The molecule has 0 atom stereocenters. The van der Waals surface area contributed by atoms with Gasteiger partial charge in [-0.1, -0.05) is 30.7 Å². The number of anilines is 1. The summed E-state index contributed by atoms with van der Waals surface area (Å²) < 4.78 is 0. The number of benzene rings is 1. The lowest BCUT2D eigenvalue weighted by molar-refractivity contribution is 0.209. The molecule has 1 aliphatic heterocycles. The summed E-state index contributed by atoms with van der Waals surface area (Å²) in [6, 6.07) is 10.6.